The summed E-state index contributed by atoms with van der Waals surface area (Å²) >= 11 is 5.95. The summed E-state index contributed by atoms with van der Waals surface area (Å²) in [4.78, 5) is 0. The first-order chi connectivity index (χ1) is 10.0. The summed E-state index contributed by atoms with van der Waals surface area (Å²) in [7, 11) is 0. The lowest BCUT2D eigenvalue weighted by Gasteiger charge is -2.13. The smallest absolute Gasteiger partial charge is 0.132 e. The highest BCUT2D eigenvalue weighted by Gasteiger charge is 2.11. The van der Waals surface area contributed by atoms with Crippen molar-refractivity contribution in [3.8, 4) is 5.75 Å². The summed E-state index contributed by atoms with van der Waals surface area (Å²) in [6.45, 7) is 6.31. The minimum atomic E-state index is -0.628. The summed E-state index contributed by atoms with van der Waals surface area (Å²) in [5, 5.41) is 14.9. The van der Waals surface area contributed by atoms with Crippen molar-refractivity contribution < 1.29 is 9.84 Å². The summed E-state index contributed by atoms with van der Waals surface area (Å²) in [5.74, 6) is 0.632. The van der Waals surface area contributed by atoms with Crippen LogP contribution < -0.4 is 4.74 Å². The Morgan fingerprint density at radius 3 is 2.76 bits per heavy atom. The van der Waals surface area contributed by atoms with Crippen LogP contribution in [0.25, 0.3) is 0 Å². The SMILES string of the molecule is CCC(C)n1ccc(COc2ccc(Cl)cc2[C@@H](C)O)n1. The van der Waals surface area contributed by atoms with Crippen molar-refractivity contribution in [2.24, 2.45) is 0 Å². The van der Waals surface area contributed by atoms with Gasteiger partial charge in [0.25, 0.3) is 0 Å². The molecule has 1 heterocycles. The van der Waals surface area contributed by atoms with E-state index in [1.54, 1.807) is 25.1 Å². The van der Waals surface area contributed by atoms with Crippen LogP contribution in [0.5, 0.6) is 5.75 Å². The fourth-order valence-electron chi connectivity index (χ4n) is 2.02. The summed E-state index contributed by atoms with van der Waals surface area (Å²) in [6, 6.07) is 7.57. The second-order valence-electron chi connectivity index (χ2n) is 5.19. The predicted octanol–water partition coefficient (Wildman–Crippen LogP) is 4.14. The number of benzene rings is 1. The molecule has 114 valence electrons. The molecule has 0 saturated heterocycles. The number of halogens is 1. The molecular formula is C16H21ClN2O2. The molecule has 1 unspecified atom stereocenters. The molecule has 0 amide bonds. The number of aliphatic hydroxyl groups is 1. The summed E-state index contributed by atoms with van der Waals surface area (Å²) < 4.78 is 7.71. The summed E-state index contributed by atoms with van der Waals surface area (Å²) in [6.07, 6.45) is 2.37. The second kappa shape index (κ2) is 6.96. The monoisotopic (exact) mass is 308 g/mol. The van der Waals surface area contributed by atoms with Crippen LogP contribution in [0.1, 0.15) is 50.6 Å². The second-order valence-corrected chi connectivity index (χ2v) is 5.63. The van der Waals surface area contributed by atoms with Crippen molar-refractivity contribution in [2.75, 3.05) is 0 Å². The van der Waals surface area contributed by atoms with Gasteiger partial charge in [-0.2, -0.15) is 5.10 Å². The number of nitrogens with zero attached hydrogens (tertiary/aromatic N) is 2. The Morgan fingerprint density at radius 2 is 2.10 bits per heavy atom. The minimum Gasteiger partial charge on any atom is -0.487 e. The molecule has 5 heteroatoms. The van der Waals surface area contributed by atoms with E-state index >= 15 is 0 Å². The van der Waals surface area contributed by atoms with Gasteiger partial charge in [0.05, 0.1) is 11.8 Å². The lowest BCUT2D eigenvalue weighted by Crippen LogP contribution is -2.06. The van der Waals surface area contributed by atoms with E-state index in [-0.39, 0.29) is 0 Å². The standard InChI is InChI=1S/C16H21ClN2O2/c1-4-11(2)19-8-7-14(18-19)10-21-16-6-5-13(17)9-15(16)12(3)20/h5-9,11-12,20H,4,10H2,1-3H3/t11?,12-/m1/s1. The predicted molar refractivity (Wildman–Crippen MR) is 83.6 cm³/mol. The molecule has 0 saturated carbocycles. The van der Waals surface area contributed by atoms with Crippen LogP contribution in [0.3, 0.4) is 0 Å². The van der Waals surface area contributed by atoms with Gasteiger partial charge in [-0.15, -0.1) is 0 Å². The molecule has 2 rings (SSSR count). The van der Waals surface area contributed by atoms with Crippen LogP contribution >= 0.6 is 11.6 Å². The highest BCUT2D eigenvalue weighted by molar-refractivity contribution is 6.30. The van der Waals surface area contributed by atoms with E-state index in [9.17, 15) is 5.11 Å². The first-order valence-electron chi connectivity index (χ1n) is 7.15. The maximum Gasteiger partial charge on any atom is 0.132 e. The van der Waals surface area contributed by atoms with Gasteiger partial charge in [-0.05, 0) is 44.5 Å². The van der Waals surface area contributed by atoms with Crippen molar-refractivity contribution >= 4 is 11.6 Å². The Balaban J connectivity index is 2.08. The van der Waals surface area contributed by atoms with Crippen LogP contribution in [0.4, 0.5) is 0 Å². The van der Waals surface area contributed by atoms with E-state index in [4.69, 9.17) is 16.3 Å². The molecule has 0 radical (unpaired) electrons. The Morgan fingerprint density at radius 1 is 1.33 bits per heavy atom. The molecule has 2 aromatic rings. The van der Waals surface area contributed by atoms with Crippen molar-refractivity contribution in [1.82, 2.24) is 9.78 Å². The zero-order valence-corrected chi connectivity index (χ0v) is 13.3. The van der Waals surface area contributed by atoms with E-state index < -0.39 is 6.10 Å². The molecule has 0 bridgehead atoms. The third-order valence-corrected chi connectivity index (χ3v) is 3.74. The zero-order chi connectivity index (χ0) is 15.4. The zero-order valence-electron chi connectivity index (χ0n) is 12.6. The number of hydrogen-bond donors (Lipinski definition) is 1. The van der Waals surface area contributed by atoms with Crippen LogP contribution in [0.15, 0.2) is 30.5 Å². The van der Waals surface area contributed by atoms with Gasteiger partial charge in [-0.1, -0.05) is 18.5 Å². The molecule has 1 N–H and O–H groups in total. The maximum absolute atomic E-state index is 9.78. The molecule has 2 atom stereocenters. The lowest BCUT2D eigenvalue weighted by molar-refractivity contribution is 0.189. The first-order valence-corrected chi connectivity index (χ1v) is 7.53. The van der Waals surface area contributed by atoms with Gasteiger partial charge >= 0.3 is 0 Å². The number of aromatic nitrogens is 2. The fourth-order valence-corrected chi connectivity index (χ4v) is 2.20. The van der Waals surface area contributed by atoms with E-state index in [2.05, 4.69) is 18.9 Å². The quantitative estimate of drug-likeness (QED) is 0.872. The van der Waals surface area contributed by atoms with E-state index in [1.165, 1.54) is 0 Å². The van der Waals surface area contributed by atoms with Crippen molar-refractivity contribution in [2.45, 2.75) is 45.9 Å². The molecule has 1 aromatic carbocycles. The van der Waals surface area contributed by atoms with Gasteiger partial charge in [0.15, 0.2) is 0 Å². The molecule has 0 aliphatic rings. The minimum absolute atomic E-state index is 0.366. The number of aliphatic hydroxyl groups excluding tert-OH is 1. The molecule has 21 heavy (non-hydrogen) atoms. The molecular weight excluding hydrogens is 288 g/mol. The van der Waals surface area contributed by atoms with Gasteiger partial charge in [-0.25, -0.2) is 0 Å². The van der Waals surface area contributed by atoms with Gasteiger partial charge in [0.2, 0.25) is 0 Å². The molecule has 1 aromatic heterocycles. The van der Waals surface area contributed by atoms with Crippen molar-refractivity contribution in [1.29, 1.82) is 0 Å². The molecule has 0 spiro atoms. The van der Waals surface area contributed by atoms with Gasteiger partial charge in [0.1, 0.15) is 12.4 Å². The number of ether oxygens (including phenoxy) is 1. The Hall–Kier alpha value is -1.52. The van der Waals surface area contributed by atoms with Gasteiger partial charge in [0, 0.05) is 22.8 Å². The highest BCUT2D eigenvalue weighted by atomic mass is 35.5. The van der Waals surface area contributed by atoms with Crippen molar-refractivity contribution in [3.05, 3.63) is 46.7 Å². The molecule has 0 aliphatic carbocycles. The fraction of sp³-hybridized carbons (Fsp3) is 0.438. The topological polar surface area (TPSA) is 47.3 Å². The molecule has 0 aliphatic heterocycles. The average molecular weight is 309 g/mol. The number of hydrogen-bond acceptors (Lipinski definition) is 3. The van der Waals surface area contributed by atoms with Crippen LogP contribution in [-0.4, -0.2) is 14.9 Å². The summed E-state index contributed by atoms with van der Waals surface area (Å²) in [5.41, 5.74) is 1.55. The molecule has 4 nitrogen and oxygen atoms in total. The Kier molecular flexibility index (Phi) is 5.26. The third-order valence-electron chi connectivity index (χ3n) is 3.50. The Bertz CT molecular complexity index is 596. The maximum atomic E-state index is 9.78. The van der Waals surface area contributed by atoms with E-state index in [0.717, 1.165) is 12.1 Å². The largest absolute Gasteiger partial charge is 0.487 e. The van der Waals surface area contributed by atoms with Crippen LogP contribution in [0.2, 0.25) is 5.02 Å². The van der Waals surface area contributed by atoms with E-state index in [0.29, 0.717) is 29.0 Å². The molecule has 0 fully saturated rings. The third kappa shape index (κ3) is 3.99. The Labute approximate surface area is 130 Å². The van der Waals surface area contributed by atoms with Crippen LogP contribution in [0, 0.1) is 0 Å². The highest BCUT2D eigenvalue weighted by Crippen LogP contribution is 2.28. The average Bonchev–Trinajstić information content (AvgIpc) is 2.93. The normalized spacial score (nSPS) is 14.0. The number of rotatable bonds is 6. The first kappa shape index (κ1) is 15.9. The lowest BCUT2D eigenvalue weighted by atomic mass is 10.1. The van der Waals surface area contributed by atoms with Gasteiger partial charge in [-0.3, -0.25) is 4.68 Å². The van der Waals surface area contributed by atoms with Crippen molar-refractivity contribution in [3.63, 3.8) is 0 Å². The van der Waals surface area contributed by atoms with Gasteiger partial charge < -0.3 is 9.84 Å². The van der Waals surface area contributed by atoms with E-state index in [1.807, 2.05) is 16.9 Å². The van der Waals surface area contributed by atoms with Crippen LogP contribution in [-0.2, 0) is 6.61 Å².